The Morgan fingerprint density at radius 2 is 1.88 bits per heavy atom. The minimum Gasteiger partial charge on any atom is -0.493 e. The second kappa shape index (κ2) is 7.14. The lowest BCUT2D eigenvalue weighted by molar-refractivity contribution is 0.0884. The summed E-state index contributed by atoms with van der Waals surface area (Å²) >= 11 is 0. The van der Waals surface area contributed by atoms with Gasteiger partial charge in [0.2, 0.25) is 0 Å². The molecule has 0 aliphatic rings. The molecular weight excluding hydrogens is 220 g/mol. The minimum atomic E-state index is -0.540. The molecule has 1 atom stereocenters. The zero-order valence-corrected chi connectivity index (χ0v) is 10.6. The Balaban J connectivity index is 2.70. The van der Waals surface area contributed by atoms with Crippen LogP contribution in [0.3, 0.4) is 0 Å². The van der Waals surface area contributed by atoms with Crippen molar-refractivity contribution in [3.8, 4) is 11.5 Å². The van der Waals surface area contributed by atoms with Gasteiger partial charge in [0.05, 0.1) is 20.3 Å². The zero-order valence-electron chi connectivity index (χ0n) is 10.6. The van der Waals surface area contributed by atoms with Gasteiger partial charge in [0, 0.05) is 19.6 Å². The van der Waals surface area contributed by atoms with Gasteiger partial charge in [-0.05, 0) is 24.6 Å². The Morgan fingerprint density at radius 1 is 1.18 bits per heavy atom. The predicted molar refractivity (Wildman–Crippen MR) is 65.6 cm³/mol. The molecule has 0 saturated heterocycles. The van der Waals surface area contributed by atoms with Crippen LogP contribution in [0.25, 0.3) is 0 Å². The van der Waals surface area contributed by atoms with Crippen LogP contribution in [0.15, 0.2) is 18.2 Å². The van der Waals surface area contributed by atoms with E-state index >= 15 is 0 Å². The average Bonchev–Trinajstić information content (AvgIpc) is 2.38. The van der Waals surface area contributed by atoms with Crippen LogP contribution in [-0.4, -0.2) is 32.5 Å². The normalized spacial score (nSPS) is 12.2. The van der Waals surface area contributed by atoms with Gasteiger partial charge in [-0.2, -0.15) is 0 Å². The number of aliphatic hydroxyl groups is 1. The molecule has 0 aliphatic carbocycles. The molecule has 17 heavy (non-hydrogen) atoms. The van der Waals surface area contributed by atoms with Crippen LogP contribution in [0.5, 0.6) is 11.5 Å². The highest BCUT2D eigenvalue weighted by Gasteiger charge is 2.11. The number of ether oxygens (including phenoxy) is 3. The van der Waals surface area contributed by atoms with Gasteiger partial charge in [-0.25, -0.2) is 0 Å². The van der Waals surface area contributed by atoms with Gasteiger partial charge in [0.25, 0.3) is 0 Å². The fourth-order valence-electron chi connectivity index (χ4n) is 1.57. The molecule has 4 nitrogen and oxygen atoms in total. The summed E-state index contributed by atoms with van der Waals surface area (Å²) in [7, 11) is 3.16. The van der Waals surface area contributed by atoms with E-state index in [2.05, 4.69) is 0 Å². The third kappa shape index (κ3) is 3.91. The molecule has 0 saturated carbocycles. The van der Waals surface area contributed by atoms with Gasteiger partial charge in [0.15, 0.2) is 11.5 Å². The van der Waals surface area contributed by atoms with Crippen molar-refractivity contribution in [1.82, 2.24) is 0 Å². The van der Waals surface area contributed by atoms with Crippen molar-refractivity contribution < 1.29 is 19.3 Å². The molecule has 0 amide bonds. The molecule has 1 aromatic rings. The molecule has 0 aliphatic heterocycles. The highest BCUT2D eigenvalue weighted by molar-refractivity contribution is 5.43. The van der Waals surface area contributed by atoms with Crippen LogP contribution in [0.1, 0.15) is 25.0 Å². The van der Waals surface area contributed by atoms with Gasteiger partial charge >= 0.3 is 0 Å². The Morgan fingerprint density at radius 3 is 2.47 bits per heavy atom. The Kier molecular flexibility index (Phi) is 5.80. The Hall–Kier alpha value is -1.26. The maximum Gasteiger partial charge on any atom is 0.161 e. The van der Waals surface area contributed by atoms with E-state index in [0.717, 1.165) is 5.56 Å². The van der Waals surface area contributed by atoms with Gasteiger partial charge in [-0.1, -0.05) is 6.07 Å². The quantitative estimate of drug-likeness (QED) is 0.742. The summed E-state index contributed by atoms with van der Waals surface area (Å²) in [5, 5.41) is 9.95. The molecule has 0 fully saturated rings. The Labute approximate surface area is 102 Å². The van der Waals surface area contributed by atoms with Gasteiger partial charge < -0.3 is 19.3 Å². The SMILES string of the molecule is CCOCCC(O)c1ccc(OC)c(OC)c1. The first-order valence-corrected chi connectivity index (χ1v) is 5.70. The largest absolute Gasteiger partial charge is 0.493 e. The van der Waals surface area contributed by atoms with E-state index in [0.29, 0.717) is 31.1 Å². The Bertz CT molecular complexity index is 338. The van der Waals surface area contributed by atoms with E-state index in [9.17, 15) is 5.11 Å². The smallest absolute Gasteiger partial charge is 0.161 e. The van der Waals surface area contributed by atoms with Gasteiger partial charge in [-0.15, -0.1) is 0 Å². The second-order valence-electron chi connectivity index (χ2n) is 3.62. The fraction of sp³-hybridized carbons (Fsp3) is 0.538. The molecule has 0 spiro atoms. The van der Waals surface area contributed by atoms with Crippen LogP contribution in [0, 0.1) is 0 Å². The number of methoxy groups -OCH3 is 2. The van der Waals surface area contributed by atoms with Crippen molar-refractivity contribution in [2.75, 3.05) is 27.4 Å². The summed E-state index contributed by atoms with van der Waals surface area (Å²) in [5.41, 5.74) is 0.808. The molecule has 1 N–H and O–H groups in total. The van der Waals surface area contributed by atoms with Crippen molar-refractivity contribution in [1.29, 1.82) is 0 Å². The predicted octanol–water partition coefficient (Wildman–Crippen LogP) is 2.16. The standard InChI is InChI=1S/C13H20O4/c1-4-17-8-7-11(14)10-5-6-12(15-2)13(9-10)16-3/h5-6,9,11,14H,4,7-8H2,1-3H3. The van der Waals surface area contributed by atoms with E-state index < -0.39 is 6.10 Å². The number of rotatable bonds is 7. The average molecular weight is 240 g/mol. The topological polar surface area (TPSA) is 47.9 Å². The van der Waals surface area contributed by atoms with Crippen LogP contribution in [-0.2, 0) is 4.74 Å². The molecule has 0 heterocycles. The second-order valence-corrected chi connectivity index (χ2v) is 3.62. The van der Waals surface area contributed by atoms with Crippen LogP contribution in [0.4, 0.5) is 0 Å². The van der Waals surface area contributed by atoms with Gasteiger partial charge in [0.1, 0.15) is 0 Å². The van der Waals surface area contributed by atoms with Crippen LogP contribution >= 0.6 is 0 Å². The highest BCUT2D eigenvalue weighted by Crippen LogP contribution is 2.30. The molecule has 4 heteroatoms. The molecule has 96 valence electrons. The van der Waals surface area contributed by atoms with Gasteiger partial charge in [-0.3, -0.25) is 0 Å². The summed E-state index contributed by atoms with van der Waals surface area (Å²) in [5.74, 6) is 1.29. The van der Waals surface area contributed by atoms with E-state index in [1.54, 1.807) is 26.4 Å². The van der Waals surface area contributed by atoms with E-state index in [4.69, 9.17) is 14.2 Å². The number of benzene rings is 1. The van der Waals surface area contributed by atoms with Crippen molar-refractivity contribution in [3.05, 3.63) is 23.8 Å². The molecule has 1 rings (SSSR count). The number of aliphatic hydroxyl groups excluding tert-OH is 1. The number of hydrogen-bond acceptors (Lipinski definition) is 4. The van der Waals surface area contributed by atoms with Crippen molar-refractivity contribution in [3.63, 3.8) is 0 Å². The highest BCUT2D eigenvalue weighted by atomic mass is 16.5. The zero-order chi connectivity index (χ0) is 12.7. The van der Waals surface area contributed by atoms with Crippen molar-refractivity contribution in [2.24, 2.45) is 0 Å². The third-order valence-electron chi connectivity index (χ3n) is 2.53. The molecule has 0 radical (unpaired) electrons. The molecule has 0 bridgehead atoms. The summed E-state index contributed by atoms with van der Waals surface area (Å²) in [6, 6.07) is 5.41. The summed E-state index contributed by atoms with van der Waals surface area (Å²) in [6.45, 7) is 3.15. The summed E-state index contributed by atoms with van der Waals surface area (Å²) in [4.78, 5) is 0. The van der Waals surface area contributed by atoms with Crippen LogP contribution in [0.2, 0.25) is 0 Å². The lowest BCUT2D eigenvalue weighted by atomic mass is 10.1. The van der Waals surface area contributed by atoms with Crippen LogP contribution < -0.4 is 9.47 Å². The van der Waals surface area contributed by atoms with E-state index in [1.165, 1.54) is 0 Å². The fourth-order valence-corrected chi connectivity index (χ4v) is 1.57. The van der Waals surface area contributed by atoms with Crippen molar-refractivity contribution >= 4 is 0 Å². The third-order valence-corrected chi connectivity index (χ3v) is 2.53. The van der Waals surface area contributed by atoms with E-state index in [1.807, 2.05) is 13.0 Å². The minimum absolute atomic E-state index is 0.540. The lowest BCUT2D eigenvalue weighted by Gasteiger charge is -2.14. The van der Waals surface area contributed by atoms with Crippen molar-refractivity contribution in [2.45, 2.75) is 19.4 Å². The molecular formula is C13H20O4. The first kappa shape index (κ1) is 13.8. The van der Waals surface area contributed by atoms with E-state index in [-0.39, 0.29) is 0 Å². The lowest BCUT2D eigenvalue weighted by Crippen LogP contribution is -2.04. The monoisotopic (exact) mass is 240 g/mol. The summed E-state index contributed by atoms with van der Waals surface area (Å²) in [6.07, 6.45) is 0.0323. The maximum absolute atomic E-state index is 9.95. The summed E-state index contributed by atoms with van der Waals surface area (Å²) < 4.78 is 15.5. The first-order chi connectivity index (χ1) is 8.22. The molecule has 0 aromatic heterocycles. The molecule has 1 aromatic carbocycles. The number of hydrogen-bond donors (Lipinski definition) is 1. The first-order valence-electron chi connectivity index (χ1n) is 5.70. The molecule has 1 unspecified atom stereocenters. The maximum atomic E-state index is 9.95.